The number of nitro groups is 1. The number of hydrogen-bond donors (Lipinski definition) is 0. The molecular weight excluding hydrogens is 377 g/mol. The van der Waals surface area contributed by atoms with Crippen LogP contribution < -0.4 is 0 Å². The average Bonchev–Trinajstić information content (AvgIpc) is 2.39. The minimum atomic E-state index is -0.401. The summed E-state index contributed by atoms with van der Waals surface area (Å²) in [5.74, 6) is 0. The molecule has 1 atom stereocenters. The maximum atomic E-state index is 10.6. The zero-order chi connectivity index (χ0) is 13.8. The molecule has 3 nitrogen and oxygen atoms in total. The van der Waals surface area contributed by atoms with Gasteiger partial charge < -0.3 is 0 Å². The molecule has 0 aromatic heterocycles. The van der Waals surface area contributed by atoms with Crippen molar-refractivity contribution in [2.45, 2.75) is 11.8 Å². The Hall–Kier alpha value is -1.14. The van der Waals surface area contributed by atoms with Crippen molar-refractivity contribution in [3.05, 3.63) is 73.3 Å². The van der Waals surface area contributed by atoms with E-state index in [0.29, 0.717) is 6.42 Å². The molecule has 0 spiro atoms. The number of benzene rings is 2. The molecule has 0 aliphatic carbocycles. The van der Waals surface area contributed by atoms with Crippen LogP contribution in [0, 0.1) is 13.7 Å². The van der Waals surface area contributed by atoms with Crippen molar-refractivity contribution in [2.24, 2.45) is 0 Å². The van der Waals surface area contributed by atoms with E-state index in [1.54, 1.807) is 12.1 Å². The van der Waals surface area contributed by atoms with Gasteiger partial charge in [0.25, 0.3) is 5.69 Å². The Morgan fingerprint density at radius 2 is 1.89 bits per heavy atom. The summed E-state index contributed by atoms with van der Waals surface area (Å²) >= 11 is 8.63. The van der Waals surface area contributed by atoms with Crippen LogP contribution in [-0.2, 0) is 6.42 Å². The maximum absolute atomic E-state index is 10.6. The molecule has 2 aromatic rings. The molecule has 0 saturated carbocycles. The van der Waals surface area contributed by atoms with Gasteiger partial charge in [-0.05, 0) is 52.3 Å². The van der Waals surface area contributed by atoms with Gasteiger partial charge in [0.1, 0.15) is 0 Å². The van der Waals surface area contributed by atoms with Gasteiger partial charge in [0.05, 0.1) is 10.3 Å². The van der Waals surface area contributed by atoms with Crippen LogP contribution in [0.4, 0.5) is 5.69 Å². The Labute approximate surface area is 129 Å². The van der Waals surface area contributed by atoms with Gasteiger partial charge in [-0.3, -0.25) is 10.1 Å². The molecule has 2 aromatic carbocycles. The summed E-state index contributed by atoms with van der Waals surface area (Å²) in [4.78, 5) is 10.2. The van der Waals surface area contributed by atoms with Crippen molar-refractivity contribution < 1.29 is 4.92 Å². The Morgan fingerprint density at radius 1 is 1.21 bits per heavy atom. The molecule has 98 valence electrons. The number of non-ortho nitro benzene ring substituents is 1. The van der Waals surface area contributed by atoms with Crippen LogP contribution in [0.3, 0.4) is 0 Å². The van der Waals surface area contributed by atoms with Crippen molar-refractivity contribution in [1.82, 2.24) is 0 Å². The minimum absolute atomic E-state index is 0.101. The molecule has 0 N–H and O–H groups in total. The summed E-state index contributed by atoms with van der Waals surface area (Å²) in [6.07, 6.45) is 0.652. The van der Waals surface area contributed by atoms with Crippen molar-refractivity contribution in [3.8, 4) is 0 Å². The van der Waals surface area contributed by atoms with E-state index in [-0.39, 0.29) is 11.1 Å². The van der Waals surface area contributed by atoms with Crippen LogP contribution in [0.15, 0.2) is 48.5 Å². The van der Waals surface area contributed by atoms with Crippen LogP contribution in [0.2, 0.25) is 0 Å². The lowest BCUT2D eigenvalue weighted by molar-refractivity contribution is -0.384. The highest BCUT2D eigenvalue weighted by molar-refractivity contribution is 14.1. The Balaban J connectivity index is 2.10. The molecule has 0 heterocycles. The van der Waals surface area contributed by atoms with Crippen LogP contribution in [0.25, 0.3) is 0 Å². The van der Waals surface area contributed by atoms with Gasteiger partial charge in [-0.15, -0.1) is 11.6 Å². The lowest BCUT2D eigenvalue weighted by atomic mass is 10.0. The van der Waals surface area contributed by atoms with E-state index in [4.69, 9.17) is 11.6 Å². The van der Waals surface area contributed by atoms with Crippen molar-refractivity contribution in [1.29, 1.82) is 0 Å². The van der Waals surface area contributed by atoms with Gasteiger partial charge in [-0.2, -0.15) is 0 Å². The van der Waals surface area contributed by atoms with E-state index in [1.165, 1.54) is 12.1 Å². The number of nitrogens with zero attached hydrogens (tertiary/aromatic N) is 1. The van der Waals surface area contributed by atoms with E-state index in [9.17, 15) is 10.1 Å². The highest BCUT2D eigenvalue weighted by Crippen LogP contribution is 2.26. The molecule has 0 saturated heterocycles. The molecule has 1 unspecified atom stereocenters. The molecule has 0 fully saturated rings. The Kier molecular flexibility index (Phi) is 4.76. The molecule has 0 bridgehead atoms. The molecule has 2 rings (SSSR count). The number of rotatable bonds is 4. The molecular formula is C14H11ClINO2. The quantitative estimate of drug-likeness (QED) is 0.330. The third-order valence-electron chi connectivity index (χ3n) is 2.77. The minimum Gasteiger partial charge on any atom is -0.258 e. The number of alkyl halides is 1. The fraction of sp³-hybridized carbons (Fsp3) is 0.143. The van der Waals surface area contributed by atoms with E-state index >= 15 is 0 Å². The summed E-state index contributed by atoms with van der Waals surface area (Å²) < 4.78 is 1.14. The van der Waals surface area contributed by atoms with Gasteiger partial charge in [0, 0.05) is 15.7 Å². The summed E-state index contributed by atoms with van der Waals surface area (Å²) in [7, 11) is 0. The molecule has 0 radical (unpaired) electrons. The molecule has 19 heavy (non-hydrogen) atoms. The first kappa shape index (κ1) is 14.3. The Bertz CT molecular complexity index is 586. The van der Waals surface area contributed by atoms with Gasteiger partial charge in [-0.1, -0.05) is 24.3 Å². The second-order valence-electron chi connectivity index (χ2n) is 4.15. The molecule has 0 amide bonds. The fourth-order valence-corrected chi connectivity index (χ4v) is 2.66. The number of halogens is 2. The van der Waals surface area contributed by atoms with Crippen LogP contribution in [0.1, 0.15) is 16.5 Å². The second-order valence-corrected chi connectivity index (χ2v) is 5.92. The van der Waals surface area contributed by atoms with E-state index in [0.717, 1.165) is 14.7 Å². The first-order valence-corrected chi connectivity index (χ1v) is 7.20. The number of nitro benzene ring substituents is 1. The summed E-state index contributed by atoms with van der Waals surface area (Å²) in [5, 5.41) is 10.4. The topological polar surface area (TPSA) is 43.1 Å². The smallest absolute Gasteiger partial charge is 0.258 e. The zero-order valence-electron chi connectivity index (χ0n) is 9.92. The van der Waals surface area contributed by atoms with Gasteiger partial charge >= 0.3 is 0 Å². The van der Waals surface area contributed by atoms with Gasteiger partial charge in [0.15, 0.2) is 0 Å². The third-order valence-corrected chi connectivity index (χ3v) is 3.85. The van der Waals surface area contributed by atoms with Crippen LogP contribution in [0.5, 0.6) is 0 Å². The largest absolute Gasteiger partial charge is 0.269 e. The highest BCUT2D eigenvalue weighted by Gasteiger charge is 2.10. The van der Waals surface area contributed by atoms with Gasteiger partial charge in [0.2, 0.25) is 0 Å². The SMILES string of the molecule is O=[N+]([O-])c1ccc(CC(Cl)c2cccc(I)c2)cc1. The van der Waals surface area contributed by atoms with Crippen molar-refractivity contribution in [2.75, 3.05) is 0 Å². The first-order valence-electron chi connectivity index (χ1n) is 5.69. The lowest BCUT2D eigenvalue weighted by Gasteiger charge is -2.10. The van der Waals surface area contributed by atoms with Crippen molar-refractivity contribution >= 4 is 39.9 Å². The summed E-state index contributed by atoms with van der Waals surface area (Å²) in [5.41, 5.74) is 2.15. The third kappa shape index (κ3) is 3.91. The summed E-state index contributed by atoms with van der Waals surface area (Å²) in [6.45, 7) is 0. The van der Waals surface area contributed by atoms with Gasteiger partial charge in [-0.25, -0.2) is 0 Å². The van der Waals surface area contributed by atoms with Crippen molar-refractivity contribution in [3.63, 3.8) is 0 Å². The first-order chi connectivity index (χ1) is 9.06. The predicted molar refractivity (Wildman–Crippen MR) is 84.6 cm³/mol. The van der Waals surface area contributed by atoms with Crippen LogP contribution in [-0.4, -0.2) is 4.92 Å². The molecule has 5 heteroatoms. The van der Waals surface area contributed by atoms with E-state index in [2.05, 4.69) is 22.6 Å². The second kappa shape index (κ2) is 6.34. The maximum Gasteiger partial charge on any atom is 0.269 e. The van der Waals surface area contributed by atoms with E-state index < -0.39 is 4.92 Å². The molecule has 0 aliphatic rings. The normalized spacial score (nSPS) is 12.1. The average molecular weight is 388 g/mol. The van der Waals surface area contributed by atoms with Crippen LogP contribution >= 0.6 is 34.2 Å². The number of hydrogen-bond acceptors (Lipinski definition) is 2. The summed E-state index contributed by atoms with van der Waals surface area (Å²) in [6, 6.07) is 14.5. The standard InChI is InChI=1S/C14H11ClINO2/c15-14(11-2-1-3-12(16)9-11)8-10-4-6-13(7-5-10)17(18)19/h1-7,9,14H,8H2. The monoisotopic (exact) mass is 387 g/mol. The predicted octanol–water partition coefficient (Wildman–Crippen LogP) is 4.72. The Morgan fingerprint density at radius 3 is 2.47 bits per heavy atom. The molecule has 0 aliphatic heterocycles. The highest BCUT2D eigenvalue weighted by atomic mass is 127. The zero-order valence-corrected chi connectivity index (χ0v) is 12.8. The van der Waals surface area contributed by atoms with E-state index in [1.807, 2.05) is 24.3 Å². The lowest BCUT2D eigenvalue weighted by Crippen LogP contribution is -1.97. The fourth-order valence-electron chi connectivity index (χ4n) is 1.78.